The van der Waals surface area contributed by atoms with Crippen LogP contribution in [0.5, 0.6) is 0 Å². The van der Waals surface area contributed by atoms with Gasteiger partial charge in [-0.1, -0.05) is 12.1 Å². The van der Waals surface area contributed by atoms with Gasteiger partial charge in [-0.25, -0.2) is 0 Å². The van der Waals surface area contributed by atoms with E-state index in [-0.39, 0.29) is 5.78 Å². The summed E-state index contributed by atoms with van der Waals surface area (Å²) in [5.74, 6) is 1.47. The fourth-order valence-electron chi connectivity index (χ4n) is 2.68. The standard InChI is InChI=1S/C17H17NO2/c1-10-5-6-13-15(9-18(4)16(13)7-10)17(19)14-8-11(2)20-12(14)3/h5-9H,1-4H3. The zero-order chi connectivity index (χ0) is 14.4. The van der Waals surface area contributed by atoms with Crippen molar-refractivity contribution in [2.45, 2.75) is 20.8 Å². The minimum absolute atomic E-state index is 0.0220. The second-order valence-electron chi connectivity index (χ2n) is 5.33. The normalized spacial score (nSPS) is 11.2. The van der Waals surface area contributed by atoms with Crippen molar-refractivity contribution in [1.82, 2.24) is 4.57 Å². The zero-order valence-electron chi connectivity index (χ0n) is 12.2. The van der Waals surface area contributed by atoms with Crippen LogP contribution < -0.4 is 0 Å². The molecule has 3 nitrogen and oxygen atoms in total. The molecule has 2 heterocycles. The van der Waals surface area contributed by atoms with Gasteiger partial charge in [-0.2, -0.15) is 0 Å². The summed E-state index contributed by atoms with van der Waals surface area (Å²) in [4.78, 5) is 12.7. The van der Waals surface area contributed by atoms with Crippen LogP contribution >= 0.6 is 0 Å². The van der Waals surface area contributed by atoms with Crippen molar-refractivity contribution in [2.24, 2.45) is 7.05 Å². The molecule has 3 rings (SSSR count). The van der Waals surface area contributed by atoms with Gasteiger partial charge in [-0.15, -0.1) is 0 Å². The van der Waals surface area contributed by atoms with Gasteiger partial charge in [-0.05, 0) is 38.5 Å². The highest BCUT2D eigenvalue weighted by Crippen LogP contribution is 2.26. The van der Waals surface area contributed by atoms with Crippen molar-refractivity contribution in [2.75, 3.05) is 0 Å². The molecule has 0 amide bonds. The Hall–Kier alpha value is -2.29. The number of ketones is 1. The average molecular weight is 267 g/mol. The summed E-state index contributed by atoms with van der Waals surface area (Å²) in [5, 5.41) is 0.987. The van der Waals surface area contributed by atoms with Crippen molar-refractivity contribution in [1.29, 1.82) is 0 Å². The molecule has 0 radical (unpaired) electrons. The lowest BCUT2D eigenvalue weighted by atomic mass is 10.0. The topological polar surface area (TPSA) is 35.1 Å². The molecular formula is C17H17NO2. The summed E-state index contributed by atoms with van der Waals surface area (Å²) in [6, 6.07) is 7.96. The van der Waals surface area contributed by atoms with E-state index < -0.39 is 0 Å². The van der Waals surface area contributed by atoms with E-state index in [1.807, 2.05) is 49.9 Å². The van der Waals surface area contributed by atoms with Crippen LogP contribution in [0.4, 0.5) is 0 Å². The van der Waals surface area contributed by atoms with Crippen LogP contribution in [-0.4, -0.2) is 10.4 Å². The highest BCUT2D eigenvalue weighted by Gasteiger charge is 2.19. The first-order chi connectivity index (χ1) is 9.47. The van der Waals surface area contributed by atoms with Gasteiger partial charge < -0.3 is 8.98 Å². The van der Waals surface area contributed by atoms with Gasteiger partial charge in [0.2, 0.25) is 0 Å². The molecule has 0 N–H and O–H groups in total. The van der Waals surface area contributed by atoms with Crippen LogP contribution in [-0.2, 0) is 7.05 Å². The second-order valence-corrected chi connectivity index (χ2v) is 5.33. The zero-order valence-corrected chi connectivity index (χ0v) is 12.2. The lowest BCUT2D eigenvalue weighted by Gasteiger charge is -1.99. The largest absolute Gasteiger partial charge is 0.466 e. The lowest BCUT2D eigenvalue weighted by molar-refractivity contribution is 0.103. The number of carbonyl (C=O) groups is 1. The molecule has 0 saturated carbocycles. The molecule has 3 aromatic rings. The molecule has 20 heavy (non-hydrogen) atoms. The fraction of sp³-hybridized carbons (Fsp3) is 0.235. The minimum atomic E-state index is 0.0220. The summed E-state index contributed by atoms with van der Waals surface area (Å²) in [6.45, 7) is 5.74. The smallest absolute Gasteiger partial charge is 0.198 e. The maximum atomic E-state index is 12.7. The first kappa shape index (κ1) is 12.7. The van der Waals surface area contributed by atoms with Gasteiger partial charge in [0.25, 0.3) is 0 Å². The van der Waals surface area contributed by atoms with E-state index in [4.69, 9.17) is 4.42 Å². The third-order valence-electron chi connectivity index (χ3n) is 3.68. The molecular weight excluding hydrogens is 250 g/mol. The molecule has 0 spiro atoms. The van der Waals surface area contributed by atoms with Crippen LogP contribution in [0.3, 0.4) is 0 Å². The first-order valence-electron chi connectivity index (χ1n) is 6.65. The maximum absolute atomic E-state index is 12.7. The van der Waals surface area contributed by atoms with Crippen molar-refractivity contribution in [3.8, 4) is 0 Å². The average Bonchev–Trinajstić information content (AvgIpc) is 2.89. The summed E-state index contributed by atoms with van der Waals surface area (Å²) in [6.07, 6.45) is 1.90. The number of nitrogens with zero attached hydrogens (tertiary/aromatic N) is 1. The predicted molar refractivity (Wildman–Crippen MR) is 79.3 cm³/mol. The molecule has 1 aromatic carbocycles. The Morgan fingerprint density at radius 2 is 1.85 bits per heavy atom. The van der Waals surface area contributed by atoms with Gasteiger partial charge in [0.1, 0.15) is 11.5 Å². The Balaban J connectivity index is 2.20. The van der Waals surface area contributed by atoms with Crippen LogP contribution in [0, 0.1) is 20.8 Å². The van der Waals surface area contributed by atoms with E-state index in [2.05, 4.69) is 13.0 Å². The summed E-state index contributed by atoms with van der Waals surface area (Å²) in [7, 11) is 1.96. The van der Waals surface area contributed by atoms with Crippen molar-refractivity contribution >= 4 is 16.7 Å². The number of carbonyl (C=O) groups excluding carboxylic acids is 1. The monoisotopic (exact) mass is 267 g/mol. The molecule has 0 aliphatic rings. The molecule has 0 saturated heterocycles. The van der Waals surface area contributed by atoms with E-state index in [0.29, 0.717) is 11.3 Å². The van der Waals surface area contributed by atoms with E-state index >= 15 is 0 Å². The molecule has 0 aliphatic carbocycles. The third kappa shape index (κ3) is 1.86. The Kier molecular flexibility index (Phi) is 2.78. The number of benzene rings is 1. The molecule has 3 heteroatoms. The SMILES string of the molecule is Cc1ccc2c(C(=O)c3cc(C)oc3C)cn(C)c2c1. The summed E-state index contributed by atoms with van der Waals surface area (Å²) in [5.41, 5.74) is 3.64. The lowest BCUT2D eigenvalue weighted by Crippen LogP contribution is -2.00. The van der Waals surface area contributed by atoms with Gasteiger partial charge in [-0.3, -0.25) is 4.79 Å². The number of furan rings is 1. The minimum Gasteiger partial charge on any atom is -0.466 e. The van der Waals surface area contributed by atoms with E-state index in [9.17, 15) is 4.79 Å². The molecule has 102 valence electrons. The highest BCUT2D eigenvalue weighted by molar-refractivity contribution is 6.17. The fourth-order valence-corrected chi connectivity index (χ4v) is 2.68. The Bertz CT molecular complexity index is 821. The third-order valence-corrected chi connectivity index (χ3v) is 3.68. The van der Waals surface area contributed by atoms with Gasteiger partial charge in [0, 0.05) is 29.7 Å². The maximum Gasteiger partial charge on any atom is 0.198 e. The number of hydrogen-bond donors (Lipinski definition) is 0. The number of hydrogen-bond acceptors (Lipinski definition) is 2. The second kappa shape index (κ2) is 4.37. The van der Waals surface area contributed by atoms with Crippen LogP contribution in [0.25, 0.3) is 10.9 Å². The molecule has 0 fully saturated rings. The molecule has 0 unspecified atom stereocenters. The van der Waals surface area contributed by atoms with Crippen molar-refractivity contribution in [3.63, 3.8) is 0 Å². The van der Waals surface area contributed by atoms with E-state index in [0.717, 1.165) is 22.2 Å². The molecule has 0 bridgehead atoms. The van der Waals surface area contributed by atoms with Crippen LogP contribution in [0.2, 0.25) is 0 Å². The predicted octanol–water partition coefficient (Wildman–Crippen LogP) is 3.93. The Morgan fingerprint density at radius 1 is 1.10 bits per heavy atom. The number of aryl methyl sites for hydroxylation is 4. The van der Waals surface area contributed by atoms with E-state index in [1.54, 1.807) is 0 Å². The number of aromatic nitrogens is 1. The Morgan fingerprint density at radius 3 is 2.50 bits per heavy atom. The highest BCUT2D eigenvalue weighted by atomic mass is 16.3. The van der Waals surface area contributed by atoms with Gasteiger partial charge >= 0.3 is 0 Å². The quantitative estimate of drug-likeness (QED) is 0.659. The van der Waals surface area contributed by atoms with Crippen molar-refractivity contribution < 1.29 is 9.21 Å². The van der Waals surface area contributed by atoms with Gasteiger partial charge in [0.05, 0.1) is 5.56 Å². The number of fused-ring (bicyclic) bond motifs is 1. The summed E-state index contributed by atoms with van der Waals surface area (Å²) >= 11 is 0. The summed E-state index contributed by atoms with van der Waals surface area (Å²) < 4.78 is 7.47. The molecule has 2 aromatic heterocycles. The first-order valence-corrected chi connectivity index (χ1v) is 6.65. The van der Waals surface area contributed by atoms with Crippen LogP contribution in [0.1, 0.15) is 33.0 Å². The van der Waals surface area contributed by atoms with Crippen molar-refractivity contribution in [3.05, 3.63) is 58.7 Å². The van der Waals surface area contributed by atoms with Gasteiger partial charge in [0.15, 0.2) is 5.78 Å². The molecule has 0 atom stereocenters. The van der Waals surface area contributed by atoms with Crippen LogP contribution in [0.15, 0.2) is 34.9 Å². The number of rotatable bonds is 2. The molecule has 0 aliphatic heterocycles. The van der Waals surface area contributed by atoms with E-state index in [1.165, 1.54) is 5.56 Å². The Labute approximate surface area is 117 Å².